The van der Waals surface area contributed by atoms with Gasteiger partial charge in [-0.1, -0.05) is 72.8 Å². The Morgan fingerprint density at radius 3 is 2.05 bits per heavy atom. The molecule has 0 aliphatic rings. The van der Waals surface area contributed by atoms with Gasteiger partial charge in [-0.2, -0.15) is 13.1 Å². The highest BCUT2D eigenvalue weighted by Crippen LogP contribution is 2.21. The second kappa shape index (κ2) is 14.9. The number of ketones is 1. The average molecular weight is 560 g/mol. The number of hydrogen-bond acceptors (Lipinski definition) is 8. The zero-order valence-corrected chi connectivity index (χ0v) is 21.1. The average Bonchev–Trinajstić information content (AvgIpc) is 2.91. The summed E-state index contributed by atoms with van der Waals surface area (Å²) in [5.41, 5.74) is 1.13. The molecule has 0 aliphatic heterocycles. The third-order valence-electron chi connectivity index (χ3n) is 4.90. The van der Waals surface area contributed by atoms with E-state index in [0.717, 1.165) is 5.56 Å². The van der Waals surface area contributed by atoms with Crippen molar-refractivity contribution in [2.75, 3.05) is 6.54 Å². The molecule has 0 saturated heterocycles. The molecular formula is C25H25N3O10S. The molecule has 0 spiro atoms. The summed E-state index contributed by atoms with van der Waals surface area (Å²) in [5.74, 6) is -1.69. The molecule has 13 nitrogen and oxygen atoms in total. The van der Waals surface area contributed by atoms with E-state index in [0.29, 0.717) is 5.56 Å². The minimum atomic E-state index is -4.41. The predicted octanol–water partition coefficient (Wildman–Crippen LogP) is 2.97. The molecule has 39 heavy (non-hydrogen) atoms. The largest absolute Gasteiger partial charge is 0.480 e. The third-order valence-corrected chi connectivity index (χ3v) is 5.47. The molecule has 3 aromatic rings. The van der Waals surface area contributed by atoms with Gasteiger partial charge in [0.1, 0.15) is 18.2 Å². The number of ether oxygens (including phenoxy) is 1. The van der Waals surface area contributed by atoms with Crippen molar-refractivity contribution in [3.8, 4) is 0 Å². The van der Waals surface area contributed by atoms with Crippen LogP contribution in [0.2, 0.25) is 0 Å². The smallest absolute Gasteiger partial charge is 0.408 e. The number of amides is 1. The van der Waals surface area contributed by atoms with E-state index in [1.165, 1.54) is 12.1 Å². The number of para-hydroxylation sites is 1. The quantitative estimate of drug-likeness (QED) is 0.117. The van der Waals surface area contributed by atoms with Gasteiger partial charge in [-0.3, -0.25) is 19.5 Å². The summed E-state index contributed by atoms with van der Waals surface area (Å²) in [7, 11) is -4.41. The summed E-state index contributed by atoms with van der Waals surface area (Å²) >= 11 is 0. The fraction of sp³-hybridized carbons (Fsp3) is 0.160. The van der Waals surface area contributed by atoms with Crippen molar-refractivity contribution in [1.29, 1.82) is 0 Å². The summed E-state index contributed by atoms with van der Waals surface area (Å²) in [6.07, 6.45) is -1.20. The predicted molar refractivity (Wildman–Crippen MR) is 138 cm³/mol. The van der Waals surface area contributed by atoms with Gasteiger partial charge in [0.25, 0.3) is 5.69 Å². The van der Waals surface area contributed by atoms with Crippen molar-refractivity contribution < 1.29 is 42.1 Å². The van der Waals surface area contributed by atoms with Gasteiger partial charge in [0.15, 0.2) is 5.78 Å². The van der Waals surface area contributed by atoms with Crippen molar-refractivity contribution in [1.82, 2.24) is 10.0 Å². The van der Waals surface area contributed by atoms with E-state index in [1.807, 2.05) is 0 Å². The summed E-state index contributed by atoms with van der Waals surface area (Å²) in [6.45, 7) is -0.378. The lowest BCUT2D eigenvalue weighted by atomic mass is 10.0. The SMILES string of the molecule is O=C(NC(CCNS(=O)(=O)O)C(=O)O)OCc1ccccc1.O=C(c1ccccc1)c1ccccc1[N+](=O)[O-]. The molecule has 1 unspecified atom stereocenters. The monoisotopic (exact) mass is 559 g/mol. The van der Waals surface area contributed by atoms with Crippen LogP contribution in [-0.4, -0.2) is 53.4 Å². The highest BCUT2D eigenvalue weighted by atomic mass is 32.2. The van der Waals surface area contributed by atoms with Crippen LogP contribution in [0.3, 0.4) is 0 Å². The maximum absolute atomic E-state index is 12.1. The minimum absolute atomic E-state index is 0.0255. The molecule has 3 rings (SSSR count). The third kappa shape index (κ3) is 11.1. The van der Waals surface area contributed by atoms with E-state index in [1.54, 1.807) is 77.5 Å². The van der Waals surface area contributed by atoms with Crippen LogP contribution in [0.4, 0.5) is 10.5 Å². The lowest BCUT2D eigenvalue weighted by Gasteiger charge is -2.14. The van der Waals surface area contributed by atoms with Crippen LogP contribution in [0.5, 0.6) is 0 Å². The number of nitrogens with one attached hydrogen (secondary N) is 2. The van der Waals surface area contributed by atoms with Crippen molar-refractivity contribution in [3.05, 3.63) is 112 Å². The van der Waals surface area contributed by atoms with Crippen molar-refractivity contribution in [2.45, 2.75) is 19.1 Å². The zero-order valence-electron chi connectivity index (χ0n) is 20.3. The van der Waals surface area contributed by atoms with Crippen LogP contribution in [-0.2, 0) is 26.4 Å². The number of nitro groups is 1. The normalized spacial score (nSPS) is 11.3. The number of benzene rings is 3. The zero-order chi connectivity index (χ0) is 28.8. The Morgan fingerprint density at radius 2 is 1.49 bits per heavy atom. The number of aliphatic carboxylic acids is 1. The van der Waals surface area contributed by atoms with Gasteiger partial charge in [0, 0.05) is 18.2 Å². The highest BCUT2D eigenvalue weighted by molar-refractivity contribution is 7.83. The first-order valence-electron chi connectivity index (χ1n) is 11.2. The number of alkyl carbamates (subject to hydrolysis) is 1. The van der Waals surface area contributed by atoms with E-state index >= 15 is 0 Å². The number of carbonyl (C=O) groups excluding carboxylic acids is 2. The van der Waals surface area contributed by atoms with Gasteiger partial charge < -0.3 is 15.2 Å². The Morgan fingerprint density at radius 1 is 0.923 bits per heavy atom. The number of hydrogen-bond donors (Lipinski definition) is 4. The van der Waals surface area contributed by atoms with E-state index in [-0.39, 0.29) is 36.6 Å². The molecule has 3 aromatic carbocycles. The fourth-order valence-corrected chi connectivity index (χ4v) is 3.44. The molecule has 0 heterocycles. The van der Waals surface area contributed by atoms with Crippen molar-refractivity contribution in [3.63, 3.8) is 0 Å². The van der Waals surface area contributed by atoms with Crippen LogP contribution in [0.1, 0.15) is 27.9 Å². The second-order valence-corrected chi connectivity index (χ2v) is 8.96. The molecule has 0 aliphatic carbocycles. The first-order valence-corrected chi connectivity index (χ1v) is 12.7. The maximum atomic E-state index is 12.1. The molecule has 1 amide bonds. The number of carboxylic acids is 1. The number of rotatable bonds is 11. The van der Waals surface area contributed by atoms with Crippen LogP contribution in [0, 0.1) is 10.1 Å². The van der Waals surface area contributed by atoms with Gasteiger partial charge in [0.2, 0.25) is 0 Å². The number of nitro benzene ring substituents is 1. The Labute approximate surface area is 223 Å². The lowest BCUT2D eigenvalue weighted by Crippen LogP contribution is -2.43. The molecule has 14 heteroatoms. The number of carbonyl (C=O) groups is 3. The van der Waals surface area contributed by atoms with Crippen LogP contribution in [0.25, 0.3) is 0 Å². The second-order valence-electron chi connectivity index (χ2n) is 7.72. The molecule has 0 saturated carbocycles. The van der Waals surface area contributed by atoms with E-state index in [4.69, 9.17) is 14.4 Å². The Hall–Kier alpha value is -4.66. The first kappa shape index (κ1) is 30.6. The highest BCUT2D eigenvalue weighted by Gasteiger charge is 2.21. The van der Waals surface area contributed by atoms with Crippen LogP contribution in [0.15, 0.2) is 84.9 Å². The first-order chi connectivity index (χ1) is 18.5. The van der Waals surface area contributed by atoms with E-state index in [2.05, 4.69) is 5.32 Å². The van der Waals surface area contributed by atoms with Crippen LogP contribution < -0.4 is 10.0 Å². The van der Waals surface area contributed by atoms with Crippen molar-refractivity contribution >= 4 is 33.8 Å². The molecule has 0 radical (unpaired) electrons. The number of carboxylic acid groups (broad SMARTS) is 1. The summed E-state index contributed by atoms with van der Waals surface area (Å²) < 4.78 is 35.9. The lowest BCUT2D eigenvalue weighted by molar-refractivity contribution is -0.385. The summed E-state index contributed by atoms with van der Waals surface area (Å²) in [4.78, 5) is 44.8. The van der Waals surface area contributed by atoms with Crippen LogP contribution >= 0.6 is 0 Å². The Balaban J connectivity index is 0.000000282. The summed E-state index contributed by atoms with van der Waals surface area (Å²) in [6, 6.07) is 21.9. The van der Waals surface area contributed by atoms with E-state index in [9.17, 15) is 32.9 Å². The molecule has 4 N–H and O–H groups in total. The van der Waals surface area contributed by atoms with Gasteiger partial charge in [-0.15, -0.1) is 0 Å². The van der Waals surface area contributed by atoms with Gasteiger partial charge in [0.05, 0.1) is 4.92 Å². The van der Waals surface area contributed by atoms with Crippen molar-refractivity contribution in [2.24, 2.45) is 0 Å². The molecule has 0 fully saturated rings. The summed E-state index contributed by atoms with van der Waals surface area (Å²) in [5, 5.41) is 21.8. The number of nitrogens with zero attached hydrogens (tertiary/aromatic N) is 1. The van der Waals surface area contributed by atoms with Gasteiger partial charge in [-0.25, -0.2) is 9.59 Å². The Bertz CT molecular complexity index is 1380. The van der Waals surface area contributed by atoms with Gasteiger partial charge >= 0.3 is 22.4 Å². The molecule has 0 aromatic heterocycles. The Kier molecular flexibility index (Phi) is 11.7. The topological polar surface area (TPSA) is 202 Å². The molecule has 1 atom stereocenters. The van der Waals surface area contributed by atoms with Gasteiger partial charge in [-0.05, 0) is 18.1 Å². The molecule has 0 bridgehead atoms. The van der Waals surface area contributed by atoms with E-state index < -0.39 is 33.3 Å². The minimum Gasteiger partial charge on any atom is -0.480 e. The maximum Gasteiger partial charge on any atom is 0.408 e. The fourth-order valence-electron chi connectivity index (χ4n) is 3.07. The standard InChI is InChI=1S/C13H9NO3.C12H16N2O7S/c15-13(10-6-2-1-3-7-10)11-8-4-5-9-12(11)14(16)17;15-11(16)10(6-7-13-22(18,19)20)14-12(17)21-8-9-4-2-1-3-5-9/h1-9H;1-5,10,13H,6-8H2,(H,14,17)(H,15,16)(H,18,19,20). The molecule has 206 valence electrons. The molecular weight excluding hydrogens is 534 g/mol.